The van der Waals surface area contributed by atoms with Crippen LogP contribution in [0.5, 0.6) is 0 Å². The maximum Gasteiger partial charge on any atom is 0.365 e. The molecule has 0 spiro atoms. The van der Waals surface area contributed by atoms with Crippen molar-refractivity contribution in [3.05, 3.63) is 16.1 Å². The molecule has 0 amide bonds. The molecule has 0 unspecified atom stereocenters. The molecule has 1 aromatic rings. The molecule has 0 aliphatic heterocycles. The highest BCUT2D eigenvalue weighted by molar-refractivity contribution is 7.11. The van der Waals surface area contributed by atoms with Crippen LogP contribution in [0.2, 0.25) is 0 Å². The number of aromatic carboxylic acids is 1. The van der Waals surface area contributed by atoms with Crippen molar-refractivity contribution in [3.63, 3.8) is 0 Å². The van der Waals surface area contributed by atoms with Crippen molar-refractivity contribution >= 4 is 17.3 Å². The normalized spacial score (nSPS) is 11.7. The van der Waals surface area contributed by atoms with Crippen LogP contribution >= 0.6 is 11.3 Å². The third kappa shape index (κ3) is 3.90. The first-order valence-corrected chi connectivity index (χ1v) is 6.25. The summed E-state index contributed by atoms with van der Waals surface area (Å²) in [5, 5.41) is 14.1. The van der Waals surface area contributed by atoms with Gasteiger partial charge in [0.1, 0.15) is 0 Å². The zero-order valence-electron chi connectivity index (χ0n) is 9.91. The number of carboxylic acids is 1. The standard InChI is InChI=1S/C11H18N2O2S/c1-4-5-11(2,3)12-6-8-7-16-9(13-8)10(14)15/h7,12H,4-6H2,1-3H3,(H,14,15). The summed E-state index contributed by atoms with van der Waals surface area (Å²) in [5.74, 6) is -0.955. The Labute approximate surface area is 99.7 Å². The molecule has 0 fully saturated rings. The molecule has 0 bridgehead atoms. The molecular formula is C11H18N2O2S. The first kappa shape index (κ1) is 13.1. The molecule has 1 aromatic heterocycles. The number of nitrogens with one attached hydrogen (secondary N) is 1. The smallest absolute Gasteiger partial charge is 0.365 e. The number of hydrogen-bond acceptors (Lipinski definition) is 4. The molecule has 0 aliphatic carbocycles. The van der Waals surface area contributed by atoms with Crippen LogP contribution in [0.1, 0.15) is 49.1 Å². The molecule has 16 heavy (non-hydrogen) atoms. The van der Waals surface area contributed by atoms with Gasteiger partial charge in [0, 0.05) is 17.5 Å². The number of thiazole rings is 1. The minimum absolute atomic E-state index is 0.0712. The zero-order chi connectivity index (χ0) is 12.2. The highest BCUT2D eigenvalue weighted by Gasteiger charge is 2.16. The predicted molar refractivity (Wildman–Crippen MR) is 64.9 cm³/mol. The van der Waals surface area contributed by atoms with E-state index >= 15 is 0 Å². The molecule has 0 saturated carbocycles. The number of nitrogens with zero attached hydrogens (tertiary/aromatic N) is 1. The molecule has 2 N–H and O–H groups in total. The Balaban J connectivity index is 2.51. The van der Waals surface area contributed by atoms with Gasteiger partial charge in [0.05, 0.1) is 5.69 Å². The van der Waals surface area contributed by atoms with Crippen molar-refractivity contribution in [1.29, 1.82) is 0 Å². The Bertz CT molecular complexity index is 361. The van der Waals surface area contributed by atoms with Crippen molar-refractivity contribution in [2.24, 2.45) is 0 Å². The van der Waals surface area contributed by atoms with E-state index < -0.39 is 5.97 Å². The summed E-state index contributed by atoms with van der Waals surface area (Å²) in [6.07, 6.45) is 2.21. The number of carboxylic acid groups (broad SMARTS) is 1. The zero-order valence-corrected chi connectivity index (χ0v) is 10.7. The van der Waals surface area contributed by atoms with Crippen LogP contribution in [0.25, 0.3) is 0 Å². The lowest BCUT2D eigenvalue weighted by Gasteiger charge is -2.25. The van der Waals surface area contributed by atoms with Crippen LogP contribution in [0.3, 0.4) is 0 Å². The lowest BCUT2D eigenvalue weighted by atomic mass is 9.99. The maximum absolute atomic E-state index is 10.6. The van der Waals surface area contributed by atoms with Crippen molar-refractivity contribution in [3.8, 4) is 0 Å². The van der Waals surface area contributed by atoms with Gasteiger partial charge in [0.15, 0.2) is 0 Å². The first-order valence-electron chi connectivity index (χ1n) is 5.37. The lowest BCUT2D eigenvalue weighted by Crippen LogP contribution is -2.38. The number of rotatable bonds is 6. The van der Waals surface area contributed by atoms with E-state index in [9.17, 15) is 4.79 Å². The number of hydrogen-bond donors (Lipinski definition) is 2. The van der Waals surface area contributed by atoms with Gasteiger partial charge in [-0.15, -0.1) is 11.3 Å². The summed E-state index contributed by atoms with van der Waals surface area (Å²) in [7, 11) is 0. The first-order chi connectivity index (χ1) is 7.44. The van der Waals surface area contributed by atoms with Gasteiger partial charge in [-0.05, 0) is 20.3 Å². The van der Waals surface area contributed by atoms with Crippen LogP contribution in [-0.2, 0) is 6.54 Å². The summed E-state index contributed by atoms with van der Waals surface area (Å²) in [6.45, 7) is 7.05. The average molecular weight is 242 g/mol. The van der Waals surface area contributed by atoms with Crippen molar-refractivity contribution in [1.82, 2.24) is 10.3 Å². The van der Waals surface area contributed by atoms with Crippen molar-refractivity contribution in [2.75, 3.05) is 0 Å². The van der Waals surface area contributed by atoms with E-state index in [1.165, 1.54) is 11.3 Å². The van der Waals surface area contributed by atoms with E-state index in [0.717, 1.165) is 18.5 Å². The Morgan fingerprint density at radius 3 is 2.81 bits per heavy atom. The summed E-state index contributed by atoms with van der Waals surface area (Å²) in [6, 6.07) is 0. The molecular weight excluding hydrogens is 224 g/mol. The fourth-order valence-electron chi connectivity index (χ4n) is 1.53. The van der Waals surface area contributed by atoms with Gasteiger partial charge >= 0.3 is 5.97 Å². The van der Waals surface area contributed by atoms with Gasteiger partial charge in [-0.1, -0.05) is 13.3 Å². The van der Waals surface area contributed by atoms with E-state index in [4.69, 9.17) is 5.11 Å². The van der Waals surface area contributed by atoms with Crippen LogP contribution < -0.4 is 5.32 Å². The second-order valence-electron chi connectivity index (χ2n) is 4.44. The van der Waals surface area contributed by atoms with Crippen molar-refractivity contribution in [2.45, 2.75) is 45.7 Å². The quantitative estimate of drug-likeness (QED) is 0.804. The molecule has 1 rings (SSSR count). The molecule has 1 heterocycles. The Kier molecular flexibility index (Phi) is 4.44. The van der Waals surface area contributed by atoms with E-state index in [2.05, 4.69) is 31.1 Å². The molecule has 0 saturated heterocycles. The fraction of sp³-hybridized carbons (Fsp3) is 0.636. The highest BCUT2D eigenvalue weighted by Crippen LogP contribution is 2.14. The van der Waals surface area contributed by atoms with Crippen LogP contribution in [0.4, 0.5) is 0 Å². The predicted octanol–water partition coefficient (Wildman–Crippen LogP) is 2.51. The van der Waals surface area contributed by atoms with Crippen LogP contribution in [0.15, 0.2) is 5.38 Å². The molecule has 4 nitrogen and oxygen atoms in total. The van der Waals surface area contributed by atoms with Gasteiger partial charge in [-0.25, -0.2) is 9.78 Å². The highest BCUT2D eigenvalue weighted by atomic mass is 32.1. The molecule has 5 heteroatoms. The SMILES string of the molecule is CCCC(C)(C)NCc1csc(C(=O)O)n1. The Hall–Kier alpha value is -0.940. The lowest BCUT2D eigenvalue weighted by molar-refractivity contribution is 0.0696. The van der Waals surface area contributed by atoms with Gasteiger partial charge < -0.3 is 10.4 Å². The Morgan fingerprint density at radius 2 is 2.31 bits per heavy atom. The minimum atomic E-state index is -0.955. The summed E-state index contributed by atoms with van der Waals surface area (Å²) in [4.78, 5) is 14.7. The average Bonchev–Trinajstić information content (AvgIpc) is 2.63. The van der Waals surface area contributed by atoms with E-state index in [-0.39, 0.29) is 10.5 Å². The number of aromatic nitrogens is 1. The molecule has 90 valence electrons. The van der Waals surface area contributed by atoms with Gasteiger partial charge in [-0.3, -0.25) is 0 Å². The van der Waals surface area contributed by atoms with E-state index in [1.807, 2.05) is 0 Å². The summed E-state index contributed by atoms with van der Waals surface area (Å²) >= 11 is 1.17. The maximum atomic E-state index is 10.6. The summed E-state index contributed by atoms with van der Waals surface area (Å²) < 4.78 is 0. The number of carbonyl (C=O) groups is 1. The molecule has 0 atom stereocenters. The summed E-state index contributed by atoms with van der Waals surface area (Å²) in [5.41, 5.74) is 0.869. The van der Waals surface area contributed by atoms with E-state index in [1.54, 1.807) is 5.38 Å². The third-order valence-electron chi connectivity index (χ3n) is 2.36. The topological polar surface area (TPSA) is 62.2 Å². The van der Waals surface area contributed by atoms with Crippen molar-refractivity contribution < 1.29 is 9.90 Å². The second-order valence-corrected chi connectivity index (χ2v) is 5.29. The van der Waals surface area contributed by atoms with Gasteiger partial charge in [0.2, 0.25) is 5.01 Å². The van der Waals surface area contributed by atoms with Crippen LogP contribution in [0, 0.1) is 0 Å². The monoisotopic (exact) mass is 242 g/mol. The fourth-order valence-corrected chi connectivity index (χ4v) is 2.18. The minimum Gasteiger partial charge on any atom is -0.476 e. The molecule has 0 radical (unpaired) electrons. The Morgan fingerprint density at radius 1 is 1.62 bits per heavy atom. The third-order valence-corrected chi connectivity index (χ3v) is 3.24. The van der Waals surface area contributed by atoms with Gasteiger partial charge in [-0.2, -0.15) is 0 Å². The largest absolute Gasteiger partial charge is 0.476 e. The molecule has 0 aromatic carbocycles. The van der Waals surface area contributed by atoms with Crippen LogP contribution in [-0.4, -0.2) is 21.6 Å². The molecule has 0 aliphatic rings. The second kappa shape index (κ2) is 5.41. The van der Waals surface area contributed by atoms with E-state index in [0.29, 0.717) is 6.54 Å². The van der Waals surface area contributed by atoms with Gasteiger partial charge in [0.25, 0.3) is 0 Å².